The summed E-state index contributed by atoms with van der Waals surface area (Å²) in [6.07, 6.45) is 5.00. The Morgan fingerprint density at radius 3 is 2.81 bits per heavy atom. The van der Waals surface area contributed by atoms with E-state index in [4.69, 9.17) is 12.2 Å². The molecule has 0 aliphatic carbocycles. The summed E-state index contributed by atoms with van der Waals surface area (Å²) in [5, 5.41) is 4.71. The number of aromatic nitrogens is 2. The Hall–Kier alpha value is -2.62. The molecule has 3 heterocycles. The minimum absolute atomic E-state index is 0.134. The maximum atomic E-state index is 12.6. The zero-order chi connectivity index (χ0) is 18.8. The van der Waals surface area contributed by atoms with Gasteiger partial charge in [-0.15, -0.1) is 11.3 Å². The number of amides is 2. The minimum atomic E-state index is -0.327. The van der Waals surface area contributed by atoms with E-state index in [1.54, 1.807) is 36.7 Å². The third-order valence-electron chi connectivity index (χ3n) is 3.74. The van der Waals surface area contributed by atoms with E-state index in [0.29, 0.717) is 20.4 Å². The molecule has 1 N–H and O–H groups in total. The van der Waals surface area contributed by atoms with Crippen molar-refractivity contribution in [1.82, 2.24) is 14.9 Å². The van der Waals surface area contributed by atoms with Crippen LogP contribution in [0.3, 0.4) is 0 Å². The Balaban J connectivity index is 1.45. The molecule has 2 amide bonds. The first-order chi connectivity index (χ1) is 13.1. The van der Waals surface area contributed by atoms with E-state index in [9.17, 15) is 9.59 Å². The van der Waals surface area contributed by atoms with E-state index >= 15 is 0 Å². The van der Waals surface area contributed by atoms with E-state index < -0.39 is 0 Å². The van der Waals surface area contributed by atoms with E-state index in [1.165, 1.54) is 28.0 Å². The normalized spacial score (nSPS) is 15.7. The van der Waals surface area contributed by atoms with Crippen LogP contribution in [0, 0.1) is 0 Å². The van der Waals surface area contributed by atoms with Gasteiger partial charge in [-0.25, -0.2) is 0 Å². The van der Waals surface area contributed by atoms with Crippen LogP contribution in [0.4, 0.5) is 5.69 Å². The first kappa shape index (κ1) is 17.8. The van der Waals surface area contributed by atoms with Crippen LogP contribution in [0.2, 0.25) is 0 Å². The van der Waals surface area contributed by atoms with Crippen LogP contribution in [0.1, 0.15) is 4.88 Å². The topological polar surface area (TPSA) is 75.2 Å². The summed E-state index contributed by atoms with van der Waals surface area (Å²) in [6, 6.07) is 9.10. The molecule has 3 aromatic rings. The van der Waals surface area contributed by atoms with Crippen LogP contribution in [-0.4, -0.2) is 37.5 Å². The van der Waals surface area contributed by atoms with Gasteiger partial charge in [-0.3, -0.25) is 24.5 Å². The summed E-state index contributed by atoms with van der Waals surface area (Å²) >= 11 is 8.01. The highest BCUT2D eigenvalue weighted by atomic mass is 32.2. The molecule has 9 heteroatoms. The number of nitrogens with zero attached hydrogens (tertiary/aromatic N) is 3. The zero-order valence-electron chi connectivity index (χ0n) is 13.8. The molecule has 4 rings (SSSR count). The molecule has 0 radical (unpaired) electrons. The molecule has 1 aliphatic rings. The van der Waals surface area contributed by atoms with Gasteiger partial charge in [-0.05, 0) is 35.7 Å². The van der Waals surface area contributed by atoms with Crippen molar-refractivity contribution >= 4 is 74.2 Å². The lowest BCUT2D eigenvalue weighted by atomic mass is 10.2. The summed E-state index contributed by atoms with van der Waals surface area (Å²) in [5.74, 6) is -0.579. The molecule has 2 aromatic heterocycles. The van der Waals surface area contributed by atoms with E-state index in [-0.39, 0.29) is 18.4 Å². The van der Waals surface area contributed by atoms with E-state index in [1.807, 2.05) is 17.5 Å². The molecule has 0 spiro atoms. The van der Waals surface area contributed by atoms with Crippen LogP contribution in [-0.2, 0) is 9.59 Å². The molecular formula is C18H12N4O2S3. The number of nitrogens with one attached hydrogen (secondary N) is 1. The van der Waals surface area contributed by atoms with Gasteiger partial charge >= 0.3 is 0 Å². The third-order valence-corrected chi connectivity index (χ3v) is 5.94. The molecule has 6 nitrogen and oxygen atoms in total. The lowest BCUT2D eigenvalue weighted by Crippen LogP contribution is -2.36. The molecule has 1 aromatic carbocycles. The van der Waals surface area contributed by atoms with Crippen molar-refractivity contribution in [2.45, 2.75) is 0 Å². The number of rotatable bonds is 4. The number of carbonyl (C=O) groups excluding carboxylic acids is 2. The second-order valence-corrected chi connectivity index (χ2v) is 8.25. The monoisotopic (exact) mass is 412 g/mol. The van der Waals surface area contributed by atoms with Gasteiger partial charge in [0.25, 0.3) is 5.91 Å². The number of fused-ring (bicyclic) bond motifs is 1. The Kier molecular flexibility index (Phi) is 4.97. The summed E-state index contributed by atoms with van der Waals surface area (Å²) in [7, 11) is 0. The van der Waals surface area contributed by atoms with Crippen LogP contribution < -0.4 is 5.32 Å². The first-order valence-corrected chi connectivity index (χ1v) is 10.00. The maximum Gasteiger partial charge on any atom is 0.266 e. The predicted molar refractivity (Wildman–Crippen MR) is 112 cm³/mol. The van der Waals surface area contributed by atoms with Crippen molar-refractivity contribution in [2.24, 2.45) is 0 Å². The fourth-order valence-corrected chi connectivity index (χ4v) is 4.50. The predicted octanol–water partition coefficient (Wildman–Crippen LogP) is 3.53. The standard InChI is InChI=1S/C18H12N4O2S3/c23-16(21-11-3-4-13-14(8-11)20-6-5-19-13)10-22-17(24)15(27-18(22)25)9-12-2-1-7-26-12/h1-9H,10H2,(H,21,23)/b15-9-. The van der Waals surface area contributed by atoms with Gasteiger partial charge < -0.3 is 5.32 Å². The Labute approximate surface area is 168 Å². The number of anilines is 1. The second-order valence-electron chi connectivity index (χ2n) is 5.59. The molecule has 134 valence electrons. The van der Waals surface area contributed by atoms with Crippen molar-refractivity contribution in [1.29, 1.82) is 0 Å². The van der Waals surface area contributed by atoms with Crippen LogP contribution in [0.25, 0.3) is 17.1 Å². The molecule has 0 unspecified atom stereocenters. The number of carbonyl (C=O) groups is 2. The first-order valence-electron chi connectivity index (χ1n) is 7.90. The fourth-order valence-electron chi connectivity index (χ4n) is 2.52. The average molecular weight is 413 g/mol. The van der Waals surface area contributed by atoms with Gasteiger partial charge in [0.2, 0.25) is 5.91 Å². The van der Waals surface area contributed by atoms with Gasteiger partial charge in [-0.1, -0.05) is 30.0 Å². The van der Waals surface area contributed by atoms with Crippen molar-refractivity contribution in [2.75, 3.05) is 11.9 Å². The molecule has 1 fully saturated rings. The van der Waals surface area contributed by atoms with E-state index in [0.717, 1.165) is 10.4 Å². The maximum absolute atomic E-state index is 12.6. The number of benzene rings is 1. The summed E-state index contributed by atoms with van der Waals surface area (Å²) in [5.41, 5.74) is 2.01. The highest BCUT2D eigenvalue weighted by Gasteiger charge is 2.33. The molecule has 0 saturated carbocycles. The van der Waals surface area contributed by atoms with E-state index in [2.05, 4.69) is 15.3 Å². The average Bonchev–Trinajstić information content (AvgIpc) is 3.26. The number of thioether (sulfide) groups is 1. The summed E-state index contributed by atoms with van der Waals surface area (Å²) in [6.45, 7) is -0.134. The molecular weight excluding hydrogens is 400 g/mol. The largest absolute Gasteiger partial charge is 0.324 e. The number of thiophene rings is 1. The second kappa shape index (κ2) is 7.55. The van der Waals surface area contributed by atoms with Gasteiger partial charge in [0.1, 0.15) is 10.9 Å². The SMILES string of the molecule is O=C(CN1C(=O)/C(=C/c2cccs2)SC1=S)Nc1ccc2nccnc2c1. The highest BCUT2D eigenvalue weighted by molar-refractivity contribution is 8.26. The number of thiocarbonyl (C=S) groups is 1. The number of hydrogen-bond donors (Lipinski definition) is 1. The summed E-state index contributed by atoms with van der Waals surface area (Å²) < 4.78 is 0.377. The van der Waals surface area contributed by atoms with Crippen molar-refractivity contribution in [3.8, 4) is 0 Å². The van der Waals surface area contributed by atoms with Crippen LogP contribution >= 0.6 is 35.3 Å². The van der Waals surface area contributed by atoms with Crippen molar-refractivity contribution < 1.29 is 9.59 Å². The Morgan fingerprint density at radius 1 is 1.22 bits per heavy atom. The minimum Gasteiger partial charge on any atom is -0.324 e. The quantitative estimate of drug-likeness (QED) is 0.522. The number of hydrogen-bond acceptors (Lipinski definition) is 7. The fraction of sp³-hybridized carbons (Fsp3) is 0.0556. The highest BCUT2D eigenvalue weighted by Crippen LogP contribution is 2.33. The summed E-state index contributed by atoms with van der Waals surface area (Å²) in [4.78, 5) is 36.2. The third kappa shape index (κ3) is 3.90. The smallest absolute Gasteiger partial charge is 0.266 e. The zero-order valence-corrected chi connectivity index (χ0v) is 16.2. The van der Waals surface area contributed by atoms with Crippen LogP contribution in [0.5, 0.6) is 0 Å². The lowest BCUT2D eigenvalue weighted by Gasteiger charge is -2.14. The van der Waals surface area contributed by atoms with Crippen LogP contribution in [0.15, 0.2) is 53.0 Å². The van der Waals surface area contributed by atoms with Crippen molar-refractivity contribution in [3.63, 3.8) is 0 Å². The Morgan fingerprint density at radius 2 is 2.04 bits per heavy atom. The molecule has 1 saturated heterocycles. The van der Waals surface area contributed by atoms with Gasteiger partial charge in [0, 0.05) is 23.0 Å². The van der Waals surface area contributed by atoms with Gasteiger partial charge in [0.15, 0.2) is 0 Å². The molecule has 1 aliphatic heterocycles. The Bertz CT molecular complexity index is 1080. The molecule has 27 heavy (non-hydrogen) atoms. The van der Waals surface area contributed by atoms with Crippen molar-refractivity contribution in [3.05, 3.63) is 57.9 Å². The lowest BCUT2D eigenvalue weighted by molar-refractivity contribution is -0.126. The van der Waals surface area contributed by atoms with Gasteiger partial charge in [0.05, 0.1) is 15.9 Å². The van der Waals surface area contributed by atoms with Gasteiger partial charge in [-0.2, -0.15) is 0 Å². The molecule has 0 atom stereocenters. The molecule has 0 bridgehead atoms.